The fourth-order valence-corrected chi connectivity index (χ4v) is 3.86. The van der Waals surface area contributed by atoms with Crippen molar-refractivity contribution in [2.45, 2.75) is 50.0 Å². The summed E-state index contributed by atoms with van der Waals surface area (Å²) in [7, 11) is 3.50. The molecule has 0 unspecified atom stereocenters. The molecule has 0 rings (SSSR count). The Morgan fingerprint density at radius 1 is 0.864 bits per heavy atom. The van der Waals surface area contributed by atoms with Crippen LogP contribution in [0.4, 0.5) is 0 Å². The molecule has 0 radical (unpaired) electrons. The van der Waals surface area contributed by atoms with Gasteiger partial charge in [0.25, 0.3) is 0 Å². The summed E-state index contributed by atoms with van der Waals surface area (Å²) in [6, 6.07) is 0. The van der Waals surface area contributed by atoms with Gasteiger partial charge in [-0.3, -0.25) is 0 Å². The third kappa shape index (κ3) is 10.8. The highest BCUT2D eigenvalue weighted by Gasteiger charge is 2.26. The lowest BCUT2D eigenvalue weighted by atomic mass is 10.1. The van der Waals surface area contributed by atoms with Gasteiger partial charge < -0.3 is 9.47 Å². The first-order chi connectivity index (χ1) is 10.1. The molecule has 0 aromatic rings. The van der Waals surface area contributed by atoms with Crippen molar-refractivity contribution in [1.82, 2.24) is 0 Å². The van der Waals surface area contributed by atoms with Crippen LogP contribution in [-0.2, 0) is 19.1 Å². The third-order valence-corrected chi connectivity index (χ3v) is 7.07. The summed E-state index contributed by atoms with van der Waals surface area (Å²) < 4.78 is 9.98. The first-order valence-electron chi connectivity index (χ1n) is 7.07. The van der Waals surface area contributed by atoms with Crippen molar-refractivity contribution in [1.29, 1.82) is 0 Å². The normalized spacial score (nSPS) is 11.6. The maximum absolute atomic E-state index is 11.0. The molecule has 0 saturated carbocycles. The number of esters is 2. The molecule has 22 heavy (non-hydrogen) atoms. The van der Waals surface area contributed by atoms with Crippen molar-refractivity contribution >= 4 is 33.5 Å². The van der Waals surface area contributed by atoms with Crippen LogP contribution in [0.1, 0.15) is 40.5 Å². The molecule has 0 amide bonds. The van der Waals surface area contributed by atoms with Crippen molar-refractivity contribution in [3.8, 4) is 0 Å². The van der Waals surface area contributed by atoms with E-state index in [-0.39, 0.29) is 9.49 Å². The van der Waals surface area contributed by atoms with E-state index in [1.807, 2.05) is 0 Å². The quantitative estimate of drug-likeness (QED) is 0.318. The molecule has 0 aliphatic carbocycles. The molecule has 0 aliphatic heterocycles. The lowest BCUT2D eigenvalue weighted by Gasteiger charge is -2.29. The van der Waals surface area contributed by atoms with Crippen molar-refractivity contribution < 1.29 is 19.1 Å². The van der Waals surface area contributed by atoms with E-state index in [2.05, 4.69) is 40.9 Å². The Morgan fingerprint density at radius 3 is 1.45 bits per heavy atom. The molecule has 0 spiro atoms. The van der Waals surface area contributed by atoms with E-state index >= 15 is 0 Å². The Hall–Kier alpha value is -0.880. The number of ether oxygens (including phenoxy) is 2. The highest BCUT2D eigenvalue weighted by molar-refractivity contribution is 8.77. The minimum Gasteiger partial charge on any atom is -0.462 e. The zero-order valence-electron chi connectivity index (χ0n) is 13.8. The fourth-order valence-electron chi connectivity index (χ4n) is 1.22. The maximum atomic E-state index is 11.0. The maximum Gasteiger partial charge on any atom is 0.330 e. The van der Waals surface area contributed by atoms with Crippen molar-refractivity contribution in [3.63, 3.8) is 0 Å². The van der Waals surface area contributed by atoms with E-state index in [0.717, 1.165) is 12.8 Å². The molecule has 0 atom stereocenters. The van der Waals surface area contributed by atoms with E-state index in [1.54, 1.807) is 21.6 Å². The minimum absolute atomic E-state index is 0.0266. The average Bonchev–Trinajstić information content (AvgIpc) is 2.44. The highest BCUT2D eigenvalue weighted by atomic mass is 33.1. The summed E-state index contributed by atoms with van der Waals surface area (Å²) in [5, 5.41) is 0. The van der Waals surface area contributed by atoms with E-state index in [9.17, 15) is 9.59 Å². The Kier molecular flexibility index (Phi) is 9.60. The topological polar surface area (TPSA) is 52.6 Å². The molecule has 0 heterocycles. The number of rotatable bonds is 11. The SMILES string of the molecule is C=CC(=O)OCCC(C)(C)SSC(C)(C)CCOC(=O)C=C. The summed E-state index contributed by atoms with van der Waals surface area (Å²) in [5.74, 6) is -0.782. The van der Waals surface area contributed by atoms with Gasteiger partial charge in [-0.2, -0.15) is 0 Å². The number of carbonyl (C=O) groups is 2. The summed E-state index contributed by atoms with van der Waals surface area (Å²) >= 11 is 0. The average molecular weight is 347 g/mol. The van der Waals surface area contributed by atoms with Crippen molar-refractivity contribution in [2.75, 3.05) is 13.2 Å². The zero-order chi connectivity index (χ0) is 17.2. The number of hydrogen-bond acceptors (Lipinski definition) is 6. The van der Waals surface area contributed by atoms with Gasteiger partial charge in [-0.15, -0.1) is 0 Å². The largest absolute Gasteiger partial charge is 0.462 e. The molecule has 0 aliphatic rings. The molecule has 0 aromatic carbocycles. The van der Waals surface area contributed by atoms with Crippen LogP contribution in [0, 0.1) is 0 Å². The smallest absolute Gasteiger partial charge is 0.330 e. The molecular formula is C16H26O4S2. The van der Waals surface area contributed by atoms with Crippen molar-refractivity contribution in [3.05, 3.63) is 25.3 Å². The van der Waals surface area contributed by atoms with Crippen LogP contribution >= 0.6 is 21.6 Å². The Balaban J connectivity index is 4.09. The fraction of sp³-hybridized carbons (Fsp3) is 0.625. The van der Waals surface area contributed by atoms with E-state index in [4.69, 9.17) is 9.47 Å². The van der Waals surface area contributed by atoms with Crippen LogP contribution in [0.15, 0.2) is 25.3 Å². The van der Waals surface area contributed by atoms with E-state index < -0.39 is 11.9 Å². The molecule has 0 aromatic heterocycles. The van der Waals surface area contributed by atoms with Crippen LogP contribution in [0.25, 0.3) is 0 Å². The molecule has 0 bridgehead atoms. The summed E-state index contributed by atoms with van der Waals surface area (Å²) in [4.78, 5) is 22.0. The molecule has 0 saturated heterocycles. The predicted molar refractivity (Wildman–Crippen MR) is 94.9 cm³/mol. The summed E-state index contributed by atoms with van der Waals surface area (Å²) in [6.45, 7) is 15.9. The van der Waals surface area contributed by atoms with Crippen LogP contribution in [0.5, 0.6) is 0 Å². The van der Waals surface area contributed by atoms with Gasteiger partial charge >= 0.3 is 11.9 Å². The Labute approximate surface area is 141 Å². The van der Waals surface area contributed by atoms with Gasteiger partial charge in [-0.25, -0.2) is 9.59 Å². The van der Waals surface area contributed by atoms with Gasteiger partial charge in [0, 0.05) is 21.6 Å². The minimum atomic E-state index is -0.391. The second-order valence-electron chi connectivity index (χ2n) is 5.93. The summed E-state index contributed by atoms with van der Waals surface area (Å²) in [6.07, 6.45) is 3.85. The predicted octanol–water partition coefficient (Wildman–Crippen LogP) is 4.16. The number of hydrogen-bond donors (Lipinski definition) is 0. The third-order valence-electron chi connectivity index (χ3n) is 2.72. The van der Waals surface area contributed by atoms with Crippen LogP contribution in [0.2, 0.25) is 0 Å². The van der Waals surface area contributed by atoms with Crippen LogP contribution < -0.4 is 0 Å². The lowest BCUT2D eigenvalue weighted by Crippen LogP contribution is -2.22. The van der Waals surface area contributed by atoms with Gasteiger partial charge in [-0.1, -0.05) is 34.7 Å². The molecular weight excluding hydrogens is 320 g/mol. The molecule has 6 heteroatoms. The number of carbonyl (C=O) groups excluding carboxylic acids is 2. The molecule has 0 N–H and O–H groups in total. The monoisotopic (exact) mass is 346 g/mol. The zero-order valence-corrected chi connectivity index (χ0v) is 15.5. The van der Waals surface area contributed by atoms with Gasteiger partial charge in [0.2, 0.25) is 0 Å². The standard InChI is InChI=1S/C16H26O4S2/c1-7-13(17)19-11-9-15(3,4)21-22-16(5,6)10-12-20-14(18)8-2/h7-8H,1-2,9-12H2,3-6H3. The van der Waals surface area contributed by atoms with Crippen LogP contribution in [0.3, 0.4) is 0 Å². The van der Waals surface area contributed by atoms with Gasteiger partial charge in [0.15, 0.2) is 0 Å². The molecule has 4 nitrogen and oxygen atoms in total. The lowest BCUT2D eigenvalue weighted by molar-refractivity contribution is -0.138. The second-order valence-corrected chi connectivity index (χ2v) is 9.47. The van der Waals surface area contributed by atoms with Crippen LogP contribution in [-0.4, -0.2) is 34.6 Å². The van der Waals surface area contributed by atoms with Gasteiger partial charge in [0.1, 0.15) is 0 Å². The highest BCUT2D eigenvalue weighted by Crippen LogP contribution is 2.46. The second kappa shape index (κ2) is 10.0. The Bertz CT molecular complexity index is 365. The van der Waals surface area contributed by atoms with E-state index in [0.29, 0.717) is 13.2 Å². The van der Waals surface area contributed by atoms with Crippen molar-refractivity contribution in [2.24, 2.45) is 0 Å². The van der Waals surface area contributed by atoms with Gasteiger partial charge in [-0.05, 0) is 40.5 Å². The molecule has 0 fully saturated rings. The summed E-state index contributed by atoms with van der Waals surface area (Å²) in [5.41, 5.74) is 0. The first-order valence-corrected chi connectivity index (χ1v) is 9.22. The Morgan fingerprint density at radius 2 is 1.18 bits per heavy atom. The van der Waals surface area contributed by atoms with E-state index in [1.165, 1.54) is 12.2 Å². The van der Waals surface area contributed by atoms with Gasteiger partial charge in [0.05, 0.1) is 13.2 Å². The molecule has 126 valence electrons. The first kappa shape index (κ1) is 21.1.